The predicted molar refractivity (Wildman–Crippen MR) is 120 cm³/mol. The van der Waals surface area contributed by atoms with Gasteiger partial charge >= 0.3 is 0 Å². The van der Waals surface area contributed by atoms with Gasteiger partial charge in [0.25, 0.3) is 0 Å². The lowest BCUT2D eigenvalue weighted by Gasteiger charge is -2.38. The number of rotatable bonds is 4. The van der Waals surface area contributed by atoms with Crippen molar-refractivity contribution in [1.29, 1.82) is 0 Å². The second-order valence-electron chi connectivity index (χ2n) is 7.95. The van der Waals surface area contributed by atoms with Gasteiger partial charge in [-0.25, -0.2) is 5.01 Å². The van der Waals surface area contributed by atoms with Crippen molar-refractivity contribution in [1.82, 2.24) is 5.01 Å². The second-order valence-corrected chi connectivity index (χ2v) is 7.95. The smallest absolute Gasteiger partial charge is 0.214 e. The van der Waals surface area contributed by atoms with Crippen LogP contribution in [-0.2, 0) is 0 Å². The molecule has 0 saturated heterocycles. The third-order valence-corrected chi connectivity index (χ3v) is 5.95. The number of fused-ring (bicyclic) bond motifs is 3. The summed E-state index contributed by atoms with van der Waals surface area (Å²) in [4.78, 5) is 0. The SMILES string of the molecule is COc1ccc(C2Oc3c(OC)cccc3C3CC(c4cc(C)ccc4O)=NN32)cc1O. The van der Waals surface area contributed by atoms with E-state index in [1.54, 1.807) is 25.3 Å². The monoisotopic (exact) mass is 432 g/mol. The minimum atomic E-state index is -0.593. The van der Waals surface area contributed by atoms with Crippen molar-refractivity contribution >= 4 is 5.71 Å². The highest BCUT2D eigenvalue weighted by atomic mass is 16.5. The van der Waals surface area contributed by atoms with Crippen LogP contribution in [0.25, 0.3) is 0 Å². The zero-order valence-electron chi connectivity index (χ0n) is 18.1. The number of phenols is 2. The number of benzene rings is 3. The third kappa shape index (κ3) is 3.17. The minimum absolute atomic E-state index is 0.0238. The van der Waals surface area contributed by atoms with E-state index in [1.807, 2.05) is 48.3 Å². The van der Waals surface area contributed by atoms with Crippen LogP contribution < -0.4 is 14.2 Å². The van der Waals surface area contributed by atoms with Crippen LogP contribution in [0.15, 0.2) is 59.7 Å². The fourth-order valence-electron chi connectivity index (χ4n) is 4.37. The van der Waals surface area contributed by atoms with E-state index >= 15 is 0 Å². The van der Waals surface area contributed by atoms with Crippen LogP contribution in [0, 0.1) is 6.92 Å². The Bertz CT molecular complexity index is 1220. The molecular weight excluding hydrogens is 408 g/mol. The standard InChI is InChI=1S/C25H24N2O5/c1-14-7-9-20(28)17(11-14)18-13-19-16-5-4-6-23(31-3)24(16)32-25(27(19)26-18)15-8-10-22(30-2)21(29)12-15/h4-12,19,25,28-29H,13H2,1-3H3. The maximum Gasteiger partial charge on any atom is 0.214 e. The molecule has 7 heteroatoms. The fourth-order valence-corrected chi connectivity index (χ4v) is 4.37. The number of aryl methyl sites for hydroxylation is 1. The van der Waals surface area contributed by atoms with Crippen molar-refractivity contribution in [2.24, 2.45) is 5.10 Å². The Labute approximate surface area is 186 Å². The lowest BCUT2D eigenvalue weighted by Crippen LogP contribution is -2.33. The van der Waals surface area contributed by atoms with Gasteiger partial charge in [0, 0.05) is 23.1 Å². The zero-order chi connectivity index (χ0) is 22.4. The molecule has 2 unspecified atom stereocenters. The van der Waals surface area contributed by atoms with E-state index in [-0.39, 0.29) is 17.5 Å². The molecule has 2 aliphatic heterocycles. The second kappa shape index (κ2) is 7.67. The van der Waals surface area contributed by atoms with Gasteiger partial charge in [0.15, 0.2) is 23.0 Å². The third-order valence-electron chi connectivity index (χ3n) is 5.95. The van der Waals surface area contributed by atoms with Gasteiger partial charge in [-0.15, -0.1) is 0 Å². The van der Waals surface area contributed by atoms with Gasteiger partial charge in [-0.05, 0) is 43.3 Å². The molecule has 7 nitrogen and oxygen atoms in total. The van der Waals surface area contributed by atoms with Crippen LogP contribution in [0.3, 0.4) is 0 Å². The molecular formula is C25H24N2O5. The van der Waals surface area contributed by atoms with Crippen LogP contribution >= 0.6 is 0 Å². The maximum atomic E-state index is 10.5. The van der Waals surface area contributed by atoms with Crippen molar-refractivity contribution < 1.29 is 24.4 Å². The van der Waals surface area contributed by atoms with Crippen molar-refractivity contribution in [3.05, 3.63) is 76.9 Å². The quantitative estimate of drug-likeness (QED) is 0.624. The number of hydrogen-bond donors (Lipinski definition) is 2. The lowest BCUT2D eigenvalue weighted by atomic mass is 9.94. The van der Waals surface area contributed by atoms with E-state index in [0.29, 0.717) is 29.2 Å². The number of nitrogens with zero attached hydrogens (tertiary/aromatic N) is 2. The Balaban J connectivity index is 1.64. The molecule has 3 aromatic rings. The first-order valence-electron chi connectivity index (χ1n) is 10.4. The predicted octanol–water partition coefficient (Wildman–Crippen LogP) is 4.67. The largest absolute Gasteiger partial charge is 0.507 e. The molecule has 164 valence electrons. The number of ether oxygens (including phenoxy) is 3. The first kappa shape index (κ1) is 20.1. The highest BCUT2D eigenvalue weighted by molar-refractivity contribution is 6.04. The highest BCUT2D eigenvalue weighted by Crippen LogP contribution is 2.51. The number of hydrazone groups is 1. The maximum absolute atomic E-state index is 10.5. The normalized spacial score (nSPS) is 19.0. The summed E-state index contributed by atoms with van der Waals surface area (Å²) in [5, 5.41) is 27.6. The summed E-state index contributed by atoms with van der Waals surface area (Å²) in [6, 6.07) is 16.4. The average Bonchev–Trinajstić information content (AvgIpc) is 3.25. The van der Waals surface area contributed by atoms with Gasteiger partial charge in [0.2, 0.25) is 6.23 Å². The molecule has 5 rings (SSSR count). The fraction of sp³-hybridized carbons (Fsp3) is 0.240. The van der Waals surface area contributed by atoms with Crippen molar-refractivity contribution in [3.63, 3.8) is 0 Å². The molecule has 0 saturated carbocycles. The minimum Gasteiger partial charge on any atom is -0.507 e. The van der Waals surface area contributed by atoms with Gasteiger partial charge in [0.05, 0.1) is 26.0 Å². The van der Waals surface area contributed by atoms with E-state index in [4.69, 9.17) is 19.3 Å². The first-order valence-corrected chi connectivity index (χ1v) is 10.4. The van der Waals surface area contributed by atoms with E-state index in [2.05, 4.69) is 0 Å². The molecule has 2 N–H and O–H groups in total. The lowest BCUT2D eigenvalue weighted by molar-refractivity contribution is -0.0210. The highest BCUT2D eigenvalue weighted by Gasteiger charge is 2.42. The molecule has 0 fully saturated rings. The molecule has 2 heterocycles. The van der Waals surface area contributed by atoms with Gasteiger partial charge in [-0.1, -0.05) is 23.8 Å². The summed E-state index contributed by atoms with van der Waals surface area (Å²) >= 11 is 0. The van der Waals surface area contributed by atoms with Gasteiger partial charge in [-0.2, -0.15) is 5.10 Å². The van der Waals surface area contributed by atoms with Crippen molar-refractivity contribution in [3.8, 4) is 28.7 Å². The van der Waals surface area contributed by atoms with Crippen LogP contribution in [-0.4, -0.2) is 35.2 Å². The Hall–Kier alpha value is -3.87. The first-order chi connectivity index (χ1) is 15.5. The summed E-state index contributed by atoms with van der Waals surface area (Å²) in [5.74, 6) is 1.89. The molecule has 2 aliphatic rings. The Kier molecular flexibility index (Phi) is 4.81. The molecule has 32 heavy (non-hydrogen) atoms. The van der Waals surface area contributed by atoms with Crippen molar-refractivity contribution in [2.45, 2.75) is 25.6 Å². The summed E-state index contributed by atoms with van der Waals surface area (Å²) in [6.45, 7) is 1.98. The summed E-state index contributed by atoms with van der Waals surface area (Å²) < 4.78 is 17.1. The molecule has 0 spiro atoms. The Morgan fingerprint density at radius 2 is 1.78 bits per heavy atom. The van der Waals surface area contributed by atoms with E-state index in [1.165, 1.54) is 7.11 Å². The van der Waals surface area contributed by atoms with E-state index in [9.17, 15) is 10.2 Å². The number of para-hydroxylation sites is 1. The van der Waals surface area contributed by atoms with E-state index < -0.39 is 6.23 Å². The number of methoxy groups -OCH3 is 2. The van der Waals surface area contributed by atoms with Crippen LogP contribution in [0.5, 0.6) is 28.7 Å². The number of phenolic OH excluding ortho intramolecular Hbond substituents is 2. The summed E-state index contributed by atoms with van der Waals surface area (Å²) in [7, 11) is 3.12. The molecule has 0 radical (unpaired) electrons. The van der Waals surface area contributed by atoms with Gasteiger partial charge < -0.3 is 24.4 Å². The molecule has 0 bridgehead atoms. The average molecular weight is 432 g/mol. The number of aromatic hydroxyl groups is 2. The zero-order valence-corrected chi connectivity index (χ0v) is 18.1. The summed E-state index contributed by atoms with van der Waals surface area (Å²) in [6.07, 6.45) is 0.00387. The van der Waals surface area contributed by atoms with Crippen LogP contribution in [0.2, 0.25) is 0 Å². The number of hydrogen-bond acceptors (Lipinski definition) is 7. The van der Waals surface area contributed by atoms with E-state index in [0.717, 1.165) is 22.4 Å². The van der Waals surface area contributed by atoms with Gasteiger partial charge in [-0.3, -0.25) is 0 Å². The molecule has 0 aromatic heterocycles. The topological polar surface area (TPSA) is 83.8 Å². The molecule has 0 aliphatic carbocycles. The molecule has 0 amide bonds. The summed E-state index contributed by atoms with van der Waals surface area (Å²) in [5.41, 5.74) is 4.21. The Morgan fingerprint density at radius 3 is 2.53 bits per heavy atom. The van der Waals surface area contributed by atoms with Gasteiger partial charge in [0.1, 0.15) is 5.75 Å². The Morgan fingerprint density at radius 1 is 0.969 bits per heavy atom. The van der Waals surface area contributed by atoms with Crippen LogP contribution in [0.1, 0.15) is 40.9 Å². The van der Waals surface area contributed by atoms with Crippen molar-refractivity contribution in [2.75, 3.05) is 14.2 Å². The van der Waals surface area contributed by atoms with Crippen LogP contribution in [0.4, 0.5) is 0 Å². The molecule has 2 atom stereocenters. The molecule has 3 aromatic carbocycles.